The van der Waals surface area contributed by atoms with Gasteiger partial charge in [-0.05, 0) is 18.2 Å². The Morgan fingerprint density at radius 2 is 2.28 bits per heavy atom. The summed E-state index contributed by atoms with van der Waals surface area (Å²) in [7, 11) is 1.72. The van der Waals surface area contributed by atoms with Gasteiger partial charge in [0.05, 0.1) is 17.3 Å². The van der Waals surface area contributed by atoms with Crippen molar-refractivity contribution in [3.63, 3.8) is 0 Å². The quantitative estimate of drug-likeness (QED) is 0.867. The van der Waals surface area contributed by atoms with Crippen molar-refractivity contribution in [2.24, 2.45) is 12.8 Å². The first-order valence-electron chi connectivity index (χ1n) is 5.22. The van der Waals surface area contributed by atoms with Gasteiger partial charge in [-0.25, -0.2) is 4.39 Å². The molecule has 2 aromatic rings. The van der Waals surface area contributed by atoms with Gasteiger partial charge >= 0.3 is 0 Å². The molecule has 94 valence electrons. The molecule has 1 atom stereocenters. The Hall–Kier alpha value is -1.72. The Labute approximate surface area is 108 Å². The molecule has 0 spiro atoms. The van der Waals surface area contributed by atoms with Gasteiger partial charge in [0.1, 0.15) is 5.82 Å². The third kappa shape index (κ3) is 2.42. The minimum atomic E-state index is -0.905. The lowest BCUT2D eigenvalue weighted by Crippen LogP contribution is -2.21. The maximum absolute atomic E-state index is 13.1. The fraction of sp³-hybridized carbons (Fsp3) is 0.167. The maximum atomic E-state index is 13.1. The lowest BCUT2D eigenvalue weighted by Gasteiger charge is -2.09. The molecule has 1 heterocycles. The topological polar surface area (TPSA) is 60.9 Å². The van der Waals surface area contributed by atoms with Crippen LogP contribution in [-0.2, 0) is 7.05 Å². The Bertz CT molecular complexity index is 597. The van der Waals surface area contributed by atoms with Crippen molar-refractivity contribution in [1.82, 2.24) is 9.78 Å². The number of ketones is 1. The van der Waals surface area contributed by atoms with Crippen LogP contribution in [0.4, 0.5) is 4.39 Å². The second-order valence-corrected chi connectivity index (χ2v) is 4.32. The average Bonchev–Trinajstić information content (AvgIpc) is 2.77. The number of nitrogens with two attached hydrogens (primary N) is 1. The number of hydrogen-bond acceptors (Lipinski definition) is 3. The Balaban J connectivity index is 2.33. The molecule has 2 rings (SSSR count). The van der Waals surface area contributed by atoms with Crippen LogP contribution in [0.3, 0.4) is 0 Å². The summed E-state index contributed by atoms with van der Waals surface area (Å²) in [6.45, 7) is 0. The van der Waals surface area contributed by atoms with Crippen LogP contribution in [0, 0.1) is 5.82 Å². The van der Waals surface area contributed by atoms with Crippen molar-refractivity contribution < 1.29 is 9.18 Å². The van der Waals surface area contributed by atoms with E-state index in [-0.39, 0.29) is 10.6 Å². The van der Waals surface area contributed by atoms with E-state index in [0.29, 0.717) is 5.56 Å². The van der Waals surface area contributed by atoms with E-state index in [9.17, 15) is 9.18 Å². The highest BCUT2D eigenvalue weighted by atomic mass is 35.5. The largest absolute Gasteiger partial charge is 0.317 e. The monoisotopic (exact) mass is 267 g/mol. The normalized spacial score (nSPS) is 12.4. The lowest BCUT2D eigenvalue weighted by atomic mass is 10.0. The molecule has 0 amide bonds. The van der Waals surface area contributed by atoms with Gasteiger partial charge in [-0.3, -0.25) is 9.48 Å². The predicted octanol–water partition coefficient (Wildman–Crippen LogP) is 2.10. The summed E-state index contributed by atoms with van der Waals surface area (Å²) in [6, 6.07) is 2.70. The zero-order valence-electron chi connectivity index (χ0n) is 9.60. The standard InChI is InChI=1S/C12H11ClFN3O/c1-17-6-7(5-16-17)11(15)12(18)9-4-8(14)2-3-10(9)13/h2-6,11H,15H2,1H3. The zero-order valence-corrected chi connectivity index (χ0v) is 10.4. The van der Waals surface area contributed by atoms with Gasteiger partial charge in [0.25, 0.3) is 0 Å². The SMILES string of the molecule is Cn1cc(C(N)C(=O)c2cc(F)ccc2Cl)cn1. The minimum Gasteiger partial charge on any atom is -0.317 e. The fourth-order valence-electron chi connectivity index (χ4n) is 1.61. The number of halogens is 2. The van der Waals surface area contributed by atoms with E-state index in [1.807, 2.05) is 0 Å². The number of benzene rings is 1. The van der Waals surface area contributed by atoms with Gasteiger partial charge in [0.15, 0.2) is 5.78 Å². The van der Waals surface area contributed by atoms with E-state index in [2.05, 4.69) is 5.10 Å². The van der Waals surface area contributed by atoms with Crippen molar-refractivity contribution >= 4 is 17.4 Å². The number of nitrogens with zero attached hydrogens (tertiary/aromatic N) is 2. The number of carbonyl (C=O) groups excluding carboxylic acids is 1. The fourth-order valence-corrected chi connectivity index (χ4v) is 1.82. The summed E-state index contributed by atoms with van der Waals surface area (Å²) in [5.74, 6) is -0.964. The predicted molar refractivity (Wildman–Crippen MR) is 65.9 cm³/mol. The van der Waals surface area contributed by atoms with Crippen molar-refractivity contribution in [3.8, 4) is 0 Å². The Kier molecular flexibility index (Phi) is 3.45. The lowest BCUT2D eigenvalue weighted by molar-refractivity contribution is 0.0961. The highest BCUT2D eigenvalue weighted by Gasteiger charge is 2.21. The van der Waals surface area contributed by atoms with E-state index in [1.165, 1.54) is 23.0 Å². The van der Waals surface area contributed by atoms with Gasteiger partial charge in [0.2, 0.25) is 0 Å². The summed E-state index contributed by atoms with van der Waals surface area (Å²) < 4.78 is 14.6. The van der Waals surface area contributed by atoms with Gasteiger partial charge in [-0.15, -0.1) is 0 Å². The maximum Gasteiger partial charge on any atom is 0.185 e. The Morgan fingerprint density at radius 1 is 1.56 bits per heavy atom. The van der Waals surface area contributed by atoms with Crippen LogP contribution >= 0.6 is 11.6 Å². The third-order valence-corrected chi connectivity index (χ3v) is 2.89. The van der Waals surface area contributed by atoms with Gasteiger partial charge in [0, 0.05) is 24.4 Å². The van der Waals surface area contributed by atoms with Crippen LogP contribution in [0.5, 0.6) is 0 Å². The van der Waals surface area contributed by atoms with Crippen molar-refractivity contribution in [2.45, 2.75) is 6.04 Å². The van der Waals surface area contributed by atoms with Crippen LogP contribution in [0.25, 0.3) is 0 Å². The summed E-state index contributed by atoms with van der Waals surface area (Å²) in [5, 5.41) is 4.11. The zero-order chi connectivity index (χ0) is 13.3. The first-order valence-corrected chi connectivity index (χ1v) is 5.60. The molecule has 0 radical (unpaired) electrons. The second kappa shape index (κ2) is 4.88. The number of hydrogen-bond donors (Lipinski definition) is 1. The summed E-state index contributed by atoms with van der Waals surface area (Å²) in [5.41, 5.74) is 6.45. The first-order chi connectivity index (χ1) is 8.49. The summed E-state index contributed by atoms with van der Waals surface area (Å²) >= 11 is 5.86. The summed E-state index contributed by atoms with van der Waals surface area (Å²) in [6.07, 6.45) is 3.13. The molecule has 0 aliphatic carbocycles. The Morgan fingerprint density at radius 3 is 2.89 bits per heavy atom. The number of carbonyl (C=O) groups is 1. The number of Topliss-reactive ketones (excluding diaryl/α,β-unsaturated/α-hetero) is 1. The third-order valence-electron chi connectivity index (χ3n) is 2.56. The second-order valence-electron chi connectivity index (χ2n) is 3.91. The molecule has 18 heavy (non-hydrogen) atoms. The molecule has 0 fully saturated rings. The molecule has 4 nitrogen and oxygen atoms in total. The molecular formula is C12H11ClFN3O. The van der Waals surface area contributed by atoms with Crippen LogP contribution in [0.15, 0.2) is 30.6 Å². The molecule has 2 N–H and O–H groups in total. The smallest absolute Gasteiger partial charge is 0.185 e. The van der Waals surface area contributed by atoms with Crippen LogP contribution in [0.1, 0.15) is 22.0 Å². The molecule has 0 bridgehead atoms. The number of rotatable bonds is 3. The van der Waals surface area contributed by atoms with Crippen LogP contribution < -0.4 is 5.73 Å². The molecule has 1 aromatic heterocycles. The van der Waals surface area contributed by atoms with Crippen molar-refractivity contribution in [2.75, 3.05) is 0 Å². The number of aryl methyl sites for hydroxylation is 1. The van der Waals surface area contributed by atoms with E-state index in [4.69, 9.17) is 17.3 Å². The number of aromatic nitrogens is 2. The van der Waals surface area contributed by atoms with Crippen molar-refractivity contribution in [3.05, 3.63) is 52.6 Å². The molecule has 0 saturated carbocycles. The summed E-state index contributed by atoms with van der Waals surface area (Å²) in [4.78, 5) is 12.1. The van der Waals surface area contributed by atoms with Gasteiger partial charge in [-0.2, -0.15) is 5.10 Å². The molecule has 1 aromatic carbocycles. The van der Waals surface area contributed by atoms with E-state index in [0.717, 1.165) is 6.07 Å². The molecule has 1 unspecified atom stereocenters. The molecule has 6 heteroatoms. The molecule has 0 aliphatic heterocycles. The first kappa shape index (κ1) is 12.7. The van der Waals surface area contributed by atoms with Gasteiger partial charge < -0.3 is 5.73 Å². The molecular weight excluding hydrogens is 257 g/mol. The van der Waals surface area contributed by atoms with E-state index < -0.39 is 17.6 Å². The van der Waals surface area contributed by atoms with E-state index >= 15 is 0 Å². The minimum absolute atomic E-state index is 0.0769. The molecule has 0 aliphatic rings. The van der Waals surface area contributed by atoms with E-state index in [1.54, 1.807) is 13.2 Å². The highest BCUT2D eigenvalue weighted by Crippen LogP contribution is 2.22. The average molecular weight is 268 g/mol. The highest BCUT2D eigenvalue weighted by molar-refractivity contribution is 6.34. The van der Waals surface area contributed by atoms with Crippen LogP contribution in [0.2, 0.25) is 5.02 Å². The van der Waals surface area contributed by atoms with Gasteiger partial charge in [-0.1, -0.05) is 11.6 Å². The molecule has 0 saturated heterocycles. The van der Waals surface area contributed by atoms with Crippen LogP contribution in [-0.4, -0.2) is 15.6 Å². The van der Waals surface area contributed by atoms with Crippen molar-refractivity contribution in [1.29, 1.82) is 0 Å².